The largest absolute Gasteiger partial charge is 0.342 e. The lowest BCUT2D eigenvalue weighted by Crippen LogP contribution is -2.49. The second-order valence-corrected chi connectivity index (χ2v) is 8.81. The zero-order valence-electron chi connectivity index (χ0n) is 18.3. The van der Waals surface area contributed by atoms with E-state index in [-0.39, 0.29) is 23.9 Å². The van der Waals surface area contributed by atoms with Crippen molar-refractivity contribution < 1.29 is 18.4 Å². The Labute approximate surface area is 187 Å². The molecule has 1 saturated heterocycles. The average molecular weight is 442 g/mol. The first-order valence-electron chi connectivity index (χ1n) is 11.3. The minimum atomic E-state index is -0.630. The molecule has 4 rings (SSSR count). The molecule has 7 heteroatoms. The highest BCUT2D eigenvalue weighted by molar-refractivity contribution is 5.89. The van der Waals surface area contributed by atoms with E-state index < -0.39 is 11.6 Å². The van der Waals surface area contributed by atoms with Gasteiger partial charge in [-0.15, -0.1) is 0 Å². The van der Waals surface area contributed by atoms with E-state index in [1.807, 2.05) is 4.90 Å². The van der Waals surface area contributed by atoms with Crippen LogP contribution in [0.2, 0.25) is 0 Å². The molecule has 2 aliphatic rings. The topological polar surface area (TPSA) is 52.7 Å². The SMILES string of the molecule is CN(C(=O)Nc1ccc(-c2cc(F)cc(F)c2)cc1)C1CCN(C(=O)C2CCCC2)CC1. The van der Waals surface area contributed by atoms with Gasteiger partial charge in [0.15, 0.2) is 0 Å². The van der Waals surface area contributed by atoms with Gasteiger partial charge in [0.2, 0.25) is 5.91 Å². The van der Waals surface area contributed by atoms with Gasteiger partial charge in [-0.25, -0.2) is 13.6 Å². The van der Waals surface area contributed by atoms with Gasteiger partial charge in [-0.05, 0) is 61.1 Å². The Bertz CT molecular complexity index is 945. The van der Waals surface area contributed by atoms with Crippen LogP contribution in [-0.2, 0) is 4.79 Å². The molecule has 1 heterocycles. The standard InChI is InChI=1S/C25H29F2N3O2/c1-29(23-10-12-30(13-11-23)24(31)18-4-2-3-5-18)25(32)28-22-8-6-17(7-9-22)19-14-20(26)16-21(27)15-19/h6-9,14-16,18,23H,2-5,10-13H2,1H3,(H,28,32). The van der Waals surface area contributed by atoms with Crippen LogP contribution in [0.4, 0.5) is 19.3 Å². The molecule has 1 N–H and O–H groups in total. The Balaban J connectivity index is 1.30. The van der Waals surface area contributed by atoms with Crippen molar-refractivity contribution in [2.24, 2.45) is 5.92 Å². The molecule has 1 aliphatic carbocycles. The molecule has 0 aromatic heterocycles. The number of nitrogens with zero attached hydrogens (tertiary/aromatic N) is 2. The quantitative estimate of drug-likeness (QED) is 0.702. The van der Waals surface area contributed by atoms with E-state index >= 15 is 0 Å². The maximum Gasteiger partial charge on any atom is 0.321 e. The van der Waals surface area contributed by atoms with Gasteiger partial charge in [-0.3, -0.25) is 4.79 Å². The third kappa shape index (κ3) is 5.09. The molecule has 2 fully saturated rings. The highest BCUT2D eigenvalue weighted by atomic mass is 19.1. The maximum atomic E-state index is 13.5. The highest BCUT2D eigenvalue weighted by Gasteiger charge is 2.32. The van der Waals surface area contributed by atoms with Crippen LogP contribution in [0.5, 0.6) is 0 Å². The highest BCUT2D eigenvalue weighted by Crippen LogP contribution is 2.28. The van der Waals surface area contributed by atoms with Crippen molar-refractivity contribution in [1.29, 1.82) is 0 Å². The predicted octanol–water partition coefficient (Wildman–Crippen LogP) is 5.28. The molecule has 170 valence electrons. The predicted molar refractivity (Wildman–Crippen MR) is 120 cm³/mol. The van der Waals surface area contributed by atoms with Crippen molar-refractivity contribution in [3.05, 3.63) is 54.1 Å². The first kappa shape index (κ1) is 22.2. The molecule has 3 amide bonds. The third-order valence-electron chi connectivity index (χ3n) is 6.68. The number of benzene rings is 2. The van der Waals surface area contributed by atoms with E-state index in [4.69, 9.17) is 0 Å². The molecule has 0 radical (unpaired) electrons. The zero-order chi connectivity index (χ0) is 22.7. The van der Waals surface area contributed by atoms with Crippen molar-refractivity contribution in [3.8, 4) is 11.1 Å². The number of rotatable bonds is 4. The summed E-state index contributed by atoms with van der Waals surface area (Å²) in [5.41, 5.74) is 1.71. The molecular formula is C25H29F2N3O2. The molecule has 0 spiro atoms. The van der Waals surface area contributed by atoms with E-state index in [0.717, 1.165) is 44.6 Å². The minimum absolute atomic E-state index is 0.0807. The van der Waals surface area contributed by atoms with Crippen molar-refractivity contribution in [2.75, 3.05) is 25.5 Å². The van der Waals surface area contributed by atoms with Crippen LogP contribution in [0, 0.1) is 17.6 Å². The van der Waals surface area contributed by atoms with Crippen molar-refractivity contribution >= 4 is 17.6 Å². The van der Waals surface area contributed by atoms with Crippen molar-refractivity contribution in [2.45, 2.75) is 44.6 Å². The van der Waals surface area contributed by atoms with Gasteiger partial charge in [0, 0.05) is 43.9 Å². The van der Waals surface area contributed by atoms with Crippen LogP contribution in [0.1, 0.15) is 38.5 Å². The maximum absolute atomic E-state index is 13.5. The number of halogens is 2. The van der Waals surface area contributed by atoms with E-state index in [1.54, 1.807) is 36.2 Å². The van der Waals surface area contributed by atoms with Gasteiger partial charge in [-0.1, -0.05) is 25.0 Å². The zero-order valence-corrected chi connectivity index (χ0v) is 18.3. The van der Waals surface area contributed by atoms with Crippen LogP contribution in [0.15, 0.2) is 42.5 Å². The van der Waals surface area contributed by atoms with Crippen molar-refractivity contribution in [1.82, 2.24) is 9.80 Å². The van der Waals surface area contributed by atoms with Crippen LogP contribution in [0.3, 0.4) is 0 Å². The summed E-state index contributed by atoms with van der Waals surface area (Å²) in [4.78, 5) is 29.0. The number of hydrogen-bond donors (Lipinski definition) is 1. The molecule has 1 saturated carbocycles. The van der Waals surface area contributed by atoms with E-state index in [9.17, 15) is 18.4 Å². The summed E-state index contributed by atoms with van der Waals surface area (Å²) in [5, 5.41) is 2.88. The fourth-order valence-electron chi connectivity index (χ4n) is 4.75. The van der Waals surface area contributed by atoms with Gasteiger partial charge in [0.1, 0.15) is 11.6 Å². The van der Waals surface area contributed by atoms with E-state index in [2.05, 4.69) is 5.32 Å². The summed E-state index contributed by atoms with van der Waals surface area (Å²) in [6, 6.07) is 10.1. The van der Waals surface area contributed by atoms with Gasteiger partial charge >= 0.3 is 6.03 Å². The molecule has 2 aromatic rings. The summed E-state index contributed by atoms with van der Waals surface area (Å²) in [6.07, 6.45) is 5.85. The molecule has 1 aliphatic heterocycles. The number of amides is 3. The second kappa shape index (κ2) is 9.67. The number of carbonyl (C=O) groups excluding carboxylic acids is 2. The summed E-state index contributed by atoms with van der Waals surface area (Å²) in [6.45, 7) is 1.38. The average Bonchev–Trinajstić information content (AvgIpc) is 3.33. The van der Waals surface area contributed by atoms with E-state index in [0.29, 0.717) is 29.9 Å². The number of piperidine rings is 1. The van der Waals surface area contributed by atoms with Gasteiger partial charge < -0.3 is 15.1 Å². The molecular weight excluding hydrogens is 412 g/mol. The fourth-order valence-corrected chi connectivity index (χ4v) is 4.75. The summed E-state index contributed by atoms with van der Waals surface area (Å²) in [5.74, 6) is -0.782. The van der Waals surface area contributed by atoms with Crippen LogP contribution in [-0.4, -0.2) is 47.9 Å². The first-order valence-corrected chi connectivity index (χ1v) is 11.3. The lowest BCUT2D eigenvalue weighted by atomic mass is 10.0. The van der Waals surface area contributed by atoms with Crippen LogP contribution >= 0.6 is 0 Å². The molecule has 2 aromatic carbocycles. The first-order chi connectivity index (χ1) is 15.4. The summed E-state index contributed by atoms with van der Waals surface area (Å²) >= 11 is 0. The van der Waals surface area contributed by atoms with Crippen LogP contribution < -0.4 is 5.32 Å². The smallest absolute Gasteiger partial charge is 0.321 e. The second-order valence-electron chi connectivity index (χ2n) is 8.81. The number of hydrogen-bond acceptors (Lipinski definition) is 2. The number of carbonyl (C=O) groups is 2. The monoisotopic (exact) mass is 441 g/mol. The fraction of sp³-hybridized carbons (Fsp3) is 0.440. The van der Waals surface area contributed by atoms with Gasteiger partial charge in [0.05, 0.1) is 0 Å². The third-order valence-corrected chi connectivity index (χ3v) is 6.68. The molecule has 0 bridgehead atoms. The Morgan fingerprint density at radius 3 is 2.09 bits per heavy atom. The lowest BCUT2D eigenvalue weighted by molar-refractivity contribution is -0.136. The minimum Gasteiger partial charge on any atom is -0.342 e. The Kier molecular flexibility index (Phi) is 6.72. The lowest BCUT2D eigenvalue weighted by Gasteiger charge is -2.37. The van der Waals surface area contributed by atoms with Crippen molar-refractivity contribution in [3.63, 3.8) is 0 Å². The molecule has 0 atom stereocenters. The summed E-state index contributed by atoms with van der Waals surface area (Å²) in [7, 11) is 1.78. The van der Waals surface area contributed by atoms with Gasteiger partial charge in [-0.2, -0.15) is 0 Å². The van der Waals surface area contributed by atoms with Gasteiger partial charge in [0.25, 0.3) is 0 Å². The number of nitrogens with one attached hydrogen (secondary N) is 1. The van der Waals surface area contributed by atoms with E-state index in [1.165, 1.54) is 12.1 Å². The molecule has 0 unspecified atom stereocenters. The molecule has 32 heavy (non-hydrogen) atoms. The Morgan fingerprint density at radius 2 is 1.50 bits per heavy atom. The Hall–Kier alpha value is -2.96. The molecule has 5 nitrogen and oxygen atoms in total. The summed E-state index contributed by atoms with van der Waals surface area (Å²) < 4.78 is 26.9. The number of anilines is 1. The normalized spacial score (nSPS) is 17.4. The van der Waals surface area contributed by atoms with Crippen LogP contribution in [0.25, 0.3) is 11.1 Å². The number of likely N-dealkylation sites (tertiary alicyclic amines) is 1. The number of urea groups is 1. The Morgan fingerprint density at radius 1 is 0.906 bits per heavy atom.